The minimum absolute atomic E-state index is 0.177. The molecule has 0 fully saturated rings. The zero-order valence-corrected chi connectivity index (χ0v) is 9.42. The fraction of sp³-hybridized carbons (Fsp3) is 0.250. The highest BCUT2D eigenvalue weighted by atomic mass is 16.5. The molecule has 0 bridgehead atoms. The first-order valence-electron chi connectivity index (χ1n) is 4.94. The molecule has 0 radical (unpaired) electrons. The molecule has 4 nitrogen and oxygen atoms in total. The van der Waals surface area contributed by atoms with Gasteiger partial charge in [-0.3, -0.25) is 0 Å². The summed E-state index contributed by atoms with van der Waals surface area (Å²) < 4.78 is 4.71. The van der Waals surface area contributed by atoms with Gasteiger partial charge in [-0.25, -0.2) is 4.79 Å². The average Bonchev–Trinajstić information content (AvgIpc) is 2.54. The lowest BCUT2D eigenvalue weighted by atomic mass is 10.1. The van der Waals surface area contributed by atoms with Gasteiger partial charge < -0.3 is 14.8 Å². The second-order valence-corrected chi connectivity index (χ2v) is 3.80. The van der Waals surface area contributed by atoms with Crippen LogP contribution in [-0.4, -0.2) is 23.2 Å². The summed E-state index contributed by atoms with van der Waals surface area (Å²) in [5, 5.41) is 10.3. The maximum atomic E-state index is 11.6. The third kappa shape index (κ3) is 1.43. The Labute approximate surface area is 92.9 Å². The lowest BCUT2D eigenvalue weighted by Crippen LogP contribution is -2.01. The number of aromatic nitrogens is 1. The molecule has 84 valence electrons. The number of carbonyl (C=O) groups excluding carboxylic acids is 1. The molecule has 2 aromatic rings. The van der Waals surface area contributed by atoms with E-state index in [1.54, 1.807) is 13.0 Å². The van der Waals surface area contributed by atoms with Gasteiger partial charge in [0, 0.05) is 16.6 Å². The van der Waals surface area contributed by atoms with Crippen molar-refractivity contribution in [3.05, 3.63) is 29.0 Å². The van der Waals surface area contributed by atoms with Crippen LogP contribution in [0.25, 0.3) is 10.9 Å². The first kappa shape index (κ1) is 10.5. The van der Waals surface area contributed by atoms with E-state index in [1.165, 1.54) is 7.11 Å². The predicted octanol–water partition coefficient (Wildman–Crippen LogP) is 2.28. The molecule has 2 N–H and O–H groups in total. The minimum atomic E-state index is -0.396. The van der Waals surface area contributed by atoms with Crippen molar-refractivity contribution in [3.8, 4) is 5.75 Å². The molecular formula is C12H13NO3. The van der Waals surface area contributed by atoms with Gasteiger partial charge in [-0.1, -0.05) is 0 Å². The summed E-state index contributed by atoms with van der Waals surface area (Å²) in [6.45, 7) is 3.61. The Kier molecular flexibility index (Phi) is 2.34. The Morgan fingerprint density at radius 2 is 2.06 bits per heavy atom. The molecular weight excluding hydrogens is 206 g/mol. The lowest BCUT2D eigenvalue weighted by molar-refractivity contribution is 0.0602. The lowest BCUT2D eigenvalue weighted by Gasteiger charge is -2.01. The summed E-state index contributed by atoms with van der Waals surface area (Å²) in [4.78, 5) is 14.7. The van der Waals surface area contributed by atoms with Gasteiger partial charge in [0.15, 0.2) is 0 Å². The van der Waals surface area contributed by atoms with Crippen molar-refractivity contribution in [2.45, 2.75) is 13.8 Å². The van der Waals surface area contributed by atoms with E-state index < -0.39 is 5.97 Å². The third-order valence-corrected chi connectivity index (χ3v) is 2.69. The molecule has 0 amide bonds. The normalized spacial score (nSPS) is 10.7. The van der Waals surface area contributed by atoms with Crippen LogP contribution in [-0.2, 0) is 4.74 Å². The molecule has 0 unspecified atom stereocenters. The average molecular weight is 219 g/mol. The number of ether oxygens (including phenoxy) is 1. The van der Waals surface area contributed by atoms with Crippen LogP contribution in [0.1, 0.15) is 21.6 Å². The molecule has 0 aliphatic carbocycles. The number of hydrogen-bond donors (Lipinski definition) is 2. The number of benzene rings is 1. The van der Waals surface area contributed by atoms with Crippen LogP contribution in [0.3, 0.4) is 0 Å². The van der Waals surface area contributed by atoms with Crippen LogP contribution in [0.4, 0.5) is 0 Å². The number of nitrogens with one attached hydrogen (secondary N) is 1. The van der Waals surface area contributed by atoms with E-state index in [-0.39, 0.29) is 5.75 Å². The van der Waals surface area contributed by atoms with Crippen LogP contribution in [0.2, 0.25) is 0 Å². The molecule has 4 heteroatoms. The van der Waals surface area contributed by atoms with Gasteiger partial charge in [0.2, 0.25) is 0 Å². The monoisotopic (exact) mass is 219 g/mol. The van der Waals surface area contributed by atoms with Gasteiger partial charge in [0.05, 0.1) is 12.7 Å². The van der Waals surface area contributed by atoms with Crippen molar-refractivity contribution in [3.63, 3.8) is 0 Å². The van der Waals surface area contributed by atoms with Crippen LogP contribution < -0.4 is 0 Å². The first-order valence-corrected chi connectivity index (χ1v) is 4.94. The highest BCUT2D eigenvalue weighted by Gasteiger charge is 2.17. The fourth-order valence-corrected chi connectivity index (χ4v) is 1.84. The number of aryl methyl sites for hydroxylation is 2. The summed E-state index contributed by atoms with van der Waals surface area (Å²) >= 11 is 0. The van der Waals surface area contributed by atoms with Gasteiger partial charge in [-0.05, 0) is 31.5 Å². The summed E-state index contributed by atoms with van der Waals surface area (Å²) in [5.41, 5.74) is 2.82. The number of esters is 1. The number of H-pyrrole nitrogens is 1. The van der Waals surface area contributed by atoms with Gasteiger partial charge in [0.25, 0.3) is 0 Å². The van der Waals surface area contributed by atoms with Crippen LogP contribution in [0.5, 0.6) is 5.75 Å². The molecule has 0 aliphatic rings. The number of methoxy groups -OCH3 is 1. The van der Waals surface area contributed by atoms with Crippen molar-refractivity contribution in [2.24, 2.45) is 0 Å². The molecule has 2 rings (SSSR count). The summed E-state index contributed by atoms with van der Waals surface area (Å²) in [6.07, 6.45) is 0. The number of carbonyl (C=O) groups is 1. The van der Waals surface area contributed by atoms with Gasteiger partial charge in [-0.2, -0.15) is 0 Å². The number of hydrogen-bond acceptors (Lipinski definition) is 3. The van der Waals surface area contributed by atoms with Crippen molar-refractivity contribution in [1.82, 2.24) is 4.98 Å². The highest BCUT2D eigenvalue weighted by Crippen LogP contribution is 2.28. The van der Waals surface area contributed by atoms with Gasteiger partial charge in [-0.15, -0.1) is 0 Å². The Bertz CT molecular complexity index is 569. The van der Waals surface area contributed by atoms with Crippen molar-refractivity contribution in [1.29, 1.82) is 0 Å². The fourth-order valence-electron chi connectivity index (χ4n) is 1.84. The van der Waals surface area contributed by atoms with E-state index in [1.807, 2.05) is 13.0 Å². The topological polar surface area (TPSA) is 62.3 Å². The molecule has 1 aromatic carbocycles. The first-order chi connectivity index (χ1) is 7.54. The highest BCUT2D eigenvalue weighted by molar-refractivity contribution is 6.06. The largest absolute Gasteiger partial charge is 0.508 e. The number of fused-ring (bicyclic) bond motifs is 1. The summed E-state index contributed by atoms with van der Waals surface area (Å²) in [5.74, 6) is -0.219. The SMILES string of the molecule is COC(=O)c1c(C)[nH]c2cc(C)c(O)cc12. The number of phenols is 1. The van der Waals surface area contributed by atoms with Crippen molar-refractivity contribution >= 4 is 16.9 Å². The number of aromatic hydroxyl groups is 1. The van der Waals surface area contributed by atoms with Crippen molar-refractivity contribution in [2.75, 3.05) is 7.11 Å². The second kappa shape index (κ2) is 3.56. The maximum absolute atomic E-state index is 11.6. The van der Waals surface area contributed by atoms with Crippen LogP contribution in [0, 0.1) is 13.8 Å². The van der Waals surface area contributed by atoms with E-state index in [4.69, 9.17) is 4.74 Å². The Morgan fingerprint density at radius 3 is 2.69 bits per heavy atom. The molecule has 0 aliphatic heterocycles. The molecule has 0 saturated carbocycles. The molecule has 0 atom stereocenters. The van der Waals surface area contributed by atoms with E-state index >= 15 is 0 Å². The summed E-state index contributed by atoms with van der Waals surface area (Å²) in [7, 11) is 1.34. The zero-order chi connectivity index (χ0) is 11.9. The van der Waals surface area contributed by atoms with Crippen LogP contribution >= 0.6 is 0 Å². The van der Waals surface area contributed by atoms with E-state index in [2.05, 4.69) is 4.98 Å². The Morgan fingerprint density at radius 1 is 1.38 bits per heavy atom. The quantitative estimate of drug-likeness (QED) is 0.723. The molecule has 1 aromatic heterocycles. The predicted molar refractivity (Wildman–Crippen MR) is 60.8 cm³/mol. The minimum Gasteiger partial charge on any atom is -0.508 e. The Hall–Kier alpha value is -1.97. The third-order valence-electron chi connectivity index (χ3n) is 2.69. The molecule has 16 heavy (non-hydrogen) atoms. The van der Waals surface area contributed by atoms with E-state index in [0.717, 1.165) is 16.8 Å². The van der Waals surface area contributed by atoms with Gasteiger partial charge >= 0.3 is 5.97 Å². The van der Waals surface area contributed by atoms with E-state index in [9.17, 15) is 9.90 Å². The van der Waals surface area contributed by atoms with E-state index in [0.29, 0.717) is 10.9 Å². The maximum Gasteiger partial charge on any atom is 0.340 e. The van der Waals surface area contributed by atoms with Crippen molar-refractivity contribution < 1.29 is 14.6 Å². The molecule has 1 heterocycles. The number of rotatable bonds is 1. The number of aromatic amines is 1. The zero-order valence-electron chi connectivity index (χ0n) is 9.42. The second-order valence-electron chi connectivity index (χ2n) is 3.80. The standard InChI is InChI=1S/C12H13NO3/c1-6-4-9-8(5-10(6)14)11(7(2)13-9)12(15)16-3/h4-5,13-14H,1-3H3. The smallest absolute Gasteiger partial charge is 0.340 e. The molecule has 0 saturated heterocycles. The van der Waals surface area contributed by atoms with Crippen LogP contribution in [0.15, 0.2) is 12.1 Å². The summed E-state index contributed by atoms with van der Waals surface area (Å²) in [6, 6.07) is 3.39. The number of phenolic OH excluding ortho intramolecular Hbond substituents is 1. The molecule has 0 spiro atoms. The Balaban J connectivity index is 2.79. The van der Waals surface area contributed by atoms with Gasteiger partial charge in [0.1, 0.15) is 5.75 Å².